The summed E-state index contributed by atoms with van der Waals surface area (Å²) in [6, 6.07) is 7.45. The van der Waals surface area contributed by atoms with E-state index >= 15 is 0 Å². The first-order valence-electron chi connectivity index (χ1n) is 9.74. The third kappa shape index (κ3) is 6.56. The first-order chi connectivity index (χ1) is 14.2. The van der Waals surface area contributed by atoms with E-state index in [4.69, 9.17) is 14.2 Å². The van der Waals surface area contributed by atoms with Crippen LogP contribution in [0.1, 0.15) is 27.7 Å². The highest BCUT2D eigenvalue weighted by Gasteiger charge is 2.11. The Morgan fingerprint density at radius 3 is 2.83 bits per heavy atom. The molecule has 0 atom stereocenters. The number of nitrogens with one attached hydrogen (secondary N) is 1. The smallest absolute Gasteiger partial charge is 0.272 e. The molecule has 1 aromatic heterocycles. The van der Waals surface area contributed by atoms with Crippen LogP contribution in [0, 0.1) is 6.92 Å². The number of nitrogens with zero attached hydrogens (tertiary/aromatic N) is 2. The summed E-state index contributed by atoms with van der Waals surface area (Å²) in [6.45, 7) is 9.31. The Kier molecular flexibility index (Phi) is 8.03. The monoisotopic (exact) mass is 417 g/mol. The Balaban J connectivity index is 1.55. The van der Waals surface area contributed by atoms with E-state index in [1.165, 1.54) is 11.3 Å². The number of ether oxygens (including phenoxy) is 3. The number of rotatable bonds is 9. The van der Waals surface area contributed by atoms with Crippen molar-refractivity contribution in [2.75, 3.05) is 46.1 Å². The maximum atomic E-state index is 12.0. The summed E-state index contributed by atoms with van der Waals surface area (Å²) < 4.78 is 17.0. The standard InChI is InChI=1S/C21H27N3O4S/c1-3-27-20-13-17(14-22-23-21(25)18-12-16(2)29-15-18)4-5-19(20)28-11-8-24-6-9-26-10-7-24/h4-5,12-15H,3,6-11H2,1-2H3,(H,23,25). The molecule has 1 fully saturated rings. The van der Waals surface area contributed by atoms with E-state index < -0.39 is 0 Å². The summed E-state index contributed by atoms with van der Waals surface area (Å²) in [5.74, 6) is 1.15. The second-order valence-corrected chi connectivity index (χ2v) is 7.70. The van der Waals surface area contributed by atoms with Gasteiger partial charge in [0, 0.05) is 29.9 Å². The van der Waals surface area contributed by atoms with Crippen LogP contribution in [0.3, 0.4) is 0 Å². The molecule has 1 aromatic carbocycles. The Hall–Kier alpha value is -2.42. The third-order valence-corrected chi connectivity index (χ3v) is 5.27. The molecule has 0 aliphatic carbocycles. The van der Waals surface area contributed by atoms with Gasteiger partial charge in [-0.3, -0.25) is 9.69 Å². The molecule has 2 aromatic rings. The van der Waals surface area contributed by atoms with E-state index in [0.717, 1.165) is 43.3 Å². The second-order valence-electron chi connectivity index (χ2n) is 6.59. The van der Waals surface area contributed by atoms with Gasteiger partial charge in [0.15, 0.2) is 11.5 Å². The Labute approximate surface area is 175 Å². The van der Waals surface area contributed by atoms with Crippen molar-refractivity contribution in [3.8, 4) is 11.5 Å². The van der Waals surface area contributed by atoms with Gasteiger partial charge < -0.3 is 14.2 Å². The number of carbonyl (C=O) groups is 1. The summed E-state index contributed by atoms with van der Waals surface area (Å²) in [5.41, 5.74) is 3.98. The molecule has 3 rings (SSSR count). The van der Waals surface area contributed by atoms with Gasteiger partial charge in [0.05, 0.1) is 31.6 Å². The normalized spacial score (nSPS) is 14.8. The van der Waals surface area contributed by atoms with Crippen LogP contribution in [0.4, 0.5) is 0 Å². The maximum absolute atomic E-state index is 12.0. The molecule has 156 valence electrons. The highest BCUT2D eigenvalue weighted by Crippen LogP contribution is 2.28. The number of hydrazone groups is 1. The number of morpholine rings is 1. The van der Waals surface area contributed by atoms with E-state index in [-0.39, 0.29) is 5.91 Å². The van der Waals surface area contributed by atoms with Crippen LogP contribution < -0.4 is 14.9 Å². The minimum atomic E-state index is -0.223. The van der Waals surface area contributed by atoms with Gasteiger partial charge in [-0.15, -0.1) is 11.3 Å². The van der Waals surface area contributed by atoms with Crippen molar-refractivity contribution in [2.45, 2.75) is 13.8 Å². The summed E-state index contributed by atoms with van der Waals surface area (Å²) in [7, 11) is 0. The zero-order valence-electron chi connectivity index (χ0n) is 16.8. The molecular weight excluding hydrogens is 390 g/mol. The molecular formula is C21H27N3O4S. The fourth-order valence-corrected chi connectivity index (χ4v) is 3.58. The maximum Gasteiger partial charge on any atom is 0.272 e. The van der Waals surface area contributed by atoms with Gasteiger partial charge in [0.1, 0.15) is 6.61 Å². The van der Waals surface area contributed by atoms with E-state index in [2.05, 4.69) is 15.4 Å². The van der Waals surface area contributed by atoms with Crippen LogP contribution in [0.5, 0.6) is 11.5 Å². The second kappa shape index (κ2) is 10.9. The molecule has 1 aliphatic rings. The number of benzene rings is 1. The minimum Gasteiger partial charge on any atom is -0.490 e. The van der Waals surface area contributed by atoms with Gasteiger partial charge in [0.2, 0.25) is 0 Å². The summed E-state index contributed by atoms with van der Waals surface area (Å²) >= 11 is 1.53. The lowest BCUT2D eigenvalue weighted by molar-refractivity contribution is 0.0321. The molecule has 7 nitrogen and oxygen atoms in total. The lowest BCUT2D eigenvalue weighted by Crippen LogP contribution is -2.38. The molecule has 0 radical (unpaired) electrons. The van der Waals surface area contributed by atoms with Gasteiger partial charge >= 0.3 is 0 Å². The quantitative estimate of drug-likeness (QED) is 0.502. The fourth-order valence-electron chi connectivity index (χ4n) is 2.89. The third-order valence-electron chi connectivity index (χ3n) is 4.41. The van der Waals surface area contributed by atoms with Crippen molar-refractivity contribution in [3.05, 3.63) is 45.6 Å². The summed E-state index contributed by atoms with van der Waals surface area (Å²) in [4.78, 5) is 15.5. The molecule has 2 heterocycles. The first-order valence-corrected chi connectivity index (χ1v) is 10.6. The number of carbonyl (C=O) groups excluding carboxylic acids is 1. The Morgan fingerprint density at radius 2 is 2.10 bits per heavy atom. The minimum absolute atomic E-state index is 0.223. The fraction of sp³-hybridized carbons (Fsp3) is 0.429. The number of thiophene rings is 1. The Bertz CT molecular complexity index is 831. The lowest BCUT2D eigenvalue weighted by atomic mass is 10.2. The number of amides is 1. The molecule has 0 spiro atoms. The van der Waals surface area contributed by atoms with Crippen molar-refractivity contribution in [1.82, 2.24) is 10.3 Å². The molecule has 0 saturated carbocycles. The van der Waals surface area contributed by atoms with Crippen molar-refractivity contribution >= 4 is 23.5 Å². The van der Waals surface area contributed by atoms with Crippen LogP contribution >= 0.6 is 11.3 Å². The highest BCUT2D eigenvalue weighted by molar-refractivity contribution is 7.10. The Morgan fingerprint density at radius 1 is 1.28 bits per heavy atom. The van der Waals surface area contributed by atoms with Gasteiger partial charge in [-0.05, 0) is 43.7 Å². The topological polar surface area (TPSA) is 72.4 Å². The van der Waals surface area contributed by atoms with Crippen molar-refractivity contribution < 1.29 is 19.0 Å². The average molecular weight is 418 g/mol. The number of hydrogen-bond acceptors (Lipinski definition) is 7. The van der Waals surface area contributed by atoms with Crippen LogP contribution in [0.15, 0.2) is 34.7 Å². The van der Waals surface area contributed by atoms with Crippen LogP contribution in [0.2, 0.25) is 0 Å². The predicted molar refractivity (Wildman–Crippen MR) is 114 cm³/mol. The largest absolute Gasteiger partial charge is 0.490 e. The first kappa shape index (κ1) is 21.3. The van der Waals surface area contributed by atoms with Gasteiger partial charge in [-0.25, -0.2) is 5.43 Å². The molecule has 0 unspecified atom stereocenters. The molecule has 1 N–H and O–H groups in total. The van der Waals surface area contributed by atoms with E-state index in [1.807, 2.05) is 43.5 Å². The van der Waals surface area contributed by atoms with Gasteiger partial charge in [-0.1, -0.05) is 0 Å². The zero-order chi connectivity index (χ0) is 20.5. The summed E-state index contributed by atoms with van der Waals surface area (Å²) in [5, 5.41) is 5.86. The van der Waals surface area contributed by atoms with Crippen LogP contribution in [-0.4, -0.2) is 63.1 Å². The van der Waals surface area contributed by atoms with E-state index in [9.17, 15) is 4.79 Å². The van der Waals surface area contributed by atoms with Crippen LogP contribution in [0.25, 0.3) is 0 Å². The predicted octanol–water partition coefficient (Wildman–Crippen LogP) is 2.93. The van der Waals surface area contributed by atoms with E-state index in [1.54, 1.807) is 6.21 Å². The molecule has 0 bridgehead atoms. The number of aryl methyl sites for hydroxylation is 1. The lowest BCUT2D eigenvalue weighted by Gasteiger charge is -2.26. The van der Waals surface area contributed by atoms with Gasteiger partial charge in [0.25, 0.3) is 5.91 Å². The molecule has 1 aliphatic heterocycles. The van der Waals surface area contributed by atoms with Crippen LogP contribution in [-0.2, 0) is 4.74 Å². The van der Waals surface area contributed by atoms with Crippen molar-refractivity contribution in [2.24, 2.45) is 5.10 Å². The summed E-state index contributed by atoms with van der Waals surface area (Å²) in [6.07, 6.45) is 1.59. The molecule has 29 heavy (non-hydrogen) atoms. The average Bonchev–Trinajstić information content (AvgIpc) is 3.17. The molecule has 1 saturated heterocycles. The van der Waals surface area contributed by atoms with E-state index in [0.29, 0.717) is 30.3 Å². The SMILES string of the molecule is CCOc1cc(C=NNC(=O)c2csc(C)c2)ccc1OCCN1CCOCC1. The molecule has 1 amide bonds. The highest BCUT2D eigenvalue weighted by atomic mass is 32.1. The van der Waals surface area contributed by atoms with Crippen molar-refractivity contribution in [1.29, 1.82) is 0 Å². The van der Waals surface area contributed by atoms with Crippen molar-refractivity contribution in [3.63, 3.8) is 0 Å². The molecule has 8 heteroatoms. The number of hydrogen-bond donors (Lipinski definition) is 1. The van der Waals surface area contributed by atoms with Gasteiger partial charge in [-0.2, -0.15) is 5.10 Å². The zero-order valence-corrected chi connectivity index (χ0v) is 17.7.